The van der Waals surface area contributed by atoms with Gasteiger partial charge < -0.3 is 9.98 Å². The fraction of sp³-hybridized carbons (Fsp3) is 0.0612. The lowest BCUT2D eigenvalue weighted by atomic mass is 9.84. The lowest BCUT2D eigenvalue weighted by Gasteiger charge is -2.20. The summed E-state index contributed by atoms with van der Waals surface area (Å²) in [5, 5.41) is 14.2. The Morgan fingerprint density at radius 1 is 0.654 bits per heavy atom. The van der Waals surface area contributed by atoms with E-state index in [1.54, 1.807) is 0 Å². The largest absolute Gasteiger partial charge is 0.309 e. The van der Waals surface area contributed by atoms with Crippen LogP contribution in [-0.4, -0.2) is 23.0 Å². The fourth-order valence-electron chi connectivity index (χ4n) is 7.67. The number of nitrogens with zero attached hydrogens (tertiary/aromatic N) is 2. The molecule has 1 N–H and O–H groups in total. The minimum atomic E-state index is 0.0158. The third-order valence-corrected chi connectivity index (χ3v) is 10.2. The van der Waals surface area contributed by atoms with Gasteiger partial charge in [0.25, 0.3) is 0 Å². The molecule has 0 radical (unpaired) electrons. The van der Waals surface area contributed by atoms with Crippen molar-refractivity contribution in [2.45, 2.75) is 12.8 Å². The molecule has 0 spiro atoms. The van der Waals surface area contributed by atoms with Gasteiger partial charge in [-0.3, -0.25) is 4.99 Å². The first-order valence-electron chi connectivity index (χ1n) is 17.7. The van der Waals surface area contributed by atoms with Crippen molar-refractivity contribution in [1.29, 1.82) is 5.41 Å². The van der Waals surface area contributed by atoms with E-state index in [2.05, 4.69) is 158 Å². The Kier molecular flexibility index (Phi) is 8.76. The minimum Gasteiger partial charge on any atom is -0.309 e. The van der Waals surface area contributed by atoms with Crippen molar-refractivity contribution in [3.63, 3.8) is 0 Å². The quantitative estimate of drug-likeness (QED) is 0.0855. The summed E-state index contributed by atoms with van der Waals surface area (Å²) in [5.74, 6) is 0.0158. The van der Waals surface area contributed by atoms with Crippen molar-refractivity contribution in [1.82, 2.24) is 4.57 Å². The highest BCUT2D eigenvalue weighted by Gasteiger charge is 2.19. The summed E-state index contributed by atoms with van der Waals surface area (Å²) in [5.41, 5.74) is 11.9. The first kappa shape index (κ1) is 32.6. The van der Waals surface area contributed by atoms with Crippen molar-refractivity contribution in [3.8, 4) is 27.9 Å². The van der Waals surface area contributed by atoms with E-state index in [0.717, 1.165) is 39.1 Å². The molecule has 0 saturated heterocycles. The van der Waals surface area contributed by atoms with Gasteiger partial charge in [-0.2, -0.15) is 0 Å². The molecule has 1 aromatic heterocycles. The molecule has 1 heterocycles. The van der Waals surface area contributed by atoms with Crippen LogP contribution in [0.3, 0.4) is 0 Å². The number of hydrogen-bond acceptors (Lipinski definition) is 2. The number of aliphatic imine (C=N–C) groups is 1. The monoisotopic (exact) mass is 669 g/mol. The SMILES string of the molecule is C=Cc1c(C=N)c2cc(/C(C)=N/CC(C=C)c3ccc4c(-c5ccccc5)c5ccccc5c(-c5ccccc5)c4c3)ccc2n1-c1ccccc1. The van der Waals surface area contributed by atoms with E-state index in [9.17, 15) is 0 Å². The Bertz CT molecular complexity index is 2650. The van der Waals surface area contributed by atoms with Gasteiger partial charge in [-0.25, -0.2) is 0 Å². The van der Waals surface area contributed by atoms with Crippen molar-refractivity contribution in [2.75, 3.05) is 6.54 Å². The van der Waals surface area contributed by atoms with Gasteiger partial charge in [0, 0.05) is 41.0 Å². The summed E-state index contributed by atoms with van der Waals surface area (Å²) < 4.78 is 2.17. The van der Waals surface area contributed by atoms with E-state index in [0.29, 0.717) is 6.54 Å². The molecule has 250 valence electrons. The molecular formula is C49H39N3. The van der Waals surface area contributed by atoms with Gasteiger partial charge >= 0.3 is 0 Å². The number of hydrogen-bond donors (Lipinski definition) is 1. The molecule has 3 nitrogen and oxygen atoms in total. The molecule has 0 bridgehead atoms. The van der Waals surface area contributed by atoms with Crippen LogP contribution in [0.5, 0.6) is 0 Å². The molecule has 0 aliphatic rings. The van der Waals surface area contributed by atoms with E-state index < -0.39 is 0 Å². The number of rotatable bonds is 10. The van der Waals surface area contributed by atoms with Crippen LogP contribution in [0.15, 0.2) is 176 Å². The summed E-state index contributed by atoms with van der Waals surface area (Å²) in [4.78, 5) is 5.15. The fourth-order valence-corrected chi connectivity index (χ4v) is 7.67. The van der Waals surface area contributed by atoms with Crippen LogP contribution in [-0.2, 0) is 0 Å². The normalized spacial score (nSPS) is 12.3. The summed E-state index contributed by atoms with van der Waals surface area (Å²) in [7, 11) is 0. The Morgan fingerprint density at radius 2 is 1.23 bits per heavy atom. The van der Waals surface area contributed by atoms with Crippen LogP contribution in [0.2, 0.25) is 0 Å². The molecule has 52 heavy (non-hydrogen) atoms. The first-order chi connectivity index (χ1) is 25.6. The summed E-state index contributed by atoms with van der Waals surface area (Å²) >= 11 is 0. The molecule has 3 heteroatoms. The maximum atomic E-state index is 8.29. The van der Waals surface area contributed by atoms with Crippen LogP contribution in [0.4, 0.5) is 0 Å². The zero-order valence-electron chi connectivity index (χ0n) is 29.3. The molecule has 1 atom stereocenters. The van der Waals surface area contributed by atoms with E-state index in [4.69, 9.17) is 10.4 Å². The van der Waals surface area contributed by atoms with E-state index in [1.807, 2.05) is 30.4 Å². The van der Waals surface area contributed by atoms with Crippen molar-refractivity contribution >= 4 is 50.5 Å². The molecule has 0 amide bonds. The second-order valence-corrected chi connectivity index (χ2v) is 13.2. The zero-order chi connectivity index (χ0) is 35.6. The molecule has 8 aromatic rings. The van der Waals surface area contributed by atoms with Crippen molar-refractivity contribution in [3.05, 3.63) is 193 Å². The molecule has 0 aliphatic carbocycles. The van der Waals surface area contributed by atoms with Gasteiger partial charge in [0.2, 0.25) is 0 Å². The Balaban J connectivity index is 1.22. The molecule has 0 saturated carbocycles. The Labute approximate surface area is 305 Å². The number of aromatic nitrogens is 1. The third kappa shape index (κ3) is 5.67. The zero-order valence-corrected chi connectivity index (χ0v) is 29.3. The molecule has 0 aliphatic heterocycles. The molecule has 8 rings (SSSR count). The third-order valence-electron chi connectivity index (χ3n) is 10.2. The summed E-state index contributed by atoms with van der Waals surface area (Å²) in [6, 6.07) is 53.8. The molecule has 1 unspecified atom stereocenters. The average molecular weight is 670 g/mol. The van der Waals surface area contributed by atoms with Gasteiger partial charge in [-0.05, 0) is 98.3 Å². The molecular weight excluding hydrogens is 631 g/mol. The van der Waals surface area contributed by atoms with Gasteiger partial charge in [0.05, 0.1) is 11.2 Å². The molecule has 7 aromatic carbocycles. The second kappa shape index (κ2) is 14.0. The van der Waals surface area contributed by atoms with Crippen molar-refractivity contribution in [2.24, 2.45) is 4.99 Å². The maximum absolute atomic E-state index is 8.29. The van der Waals surface area contributed by atoms with Gasteiger partial charge in [0.15, 0.2) is 0 Å². The summed E-state index contributed by atoms with van der Waals surface area (Å²) in [6.07, 6.45) is 5.28. The Morgan fingerprint density at radius 3 is 1.83 bits per heavy atom. The van der Waals surface area contributed by atoms with Gasteiger partial charge in [0.1, 0.15) is 0 Å². The Hall–Kier alpha value is -6.58. The van der Waals surface area contributed by atoms with Crippen LogP contribution < -0.4 is 0 Å². The van der Waals surface area contributed by atoms with Crippen LogP contribution >= 0.6 is 0 Å². The van der Waals surface area contributed by atoms with Crippen LogP contribution in [0.1, 0.15) is 35.2 Å². The van der Waals surface area contributed by atoms with Crippen molar-refractivity contribution < 1.29 is 0 Å². The van der Waals surface area contributed by atoms with E-state index in [-0.39, 0.29) is 5.92 Å². The standard InChI is InChI=1S/C49H39N3/c1-4-34(32-51-33(3)37-26-28-47-43(29-37)45(31-50)46(5-2)52(47)39-21-13-8-14-22-39)38-25-27-42-44(30-38)49(36-19-11-7-12-20-36)41-24-16-15-23-40(41)48(42)35-17-9-6-10-18-35/h4-31,34,50H,1-2,32H2,3H3/b50-31?,51-33+. The predicted molar refractivity (Wildman–Crippen MR) is 224 cm³/mol. The second-order valence-electron chi connectivity index (χ2n) is 13.2. The first-order valence-corrected chi connectivity index (χ1v) is 17.7. The number of nitrogens with one attached hydrogen (secondary N) is 1. The maximum Gasteiger partial charge on any atom is 0.0550 e. The number of para-hydroxylation sites is 1. The van der Waals surface area contributed by atoms with E-state index in [1.165, 1.54) is 55.6 Å². The predicted octanol–water partition coefficient (Wildman–Crippen LogP) is 12.7. The number of benzene rings is 7. The highest BCUT2D eigenvalue weighted by molar-refractivity contribution is 6.21. The van der Waals surface area contributed by atoms with Crippen LogP contribution in [0, 0.1) is 5.41 Å². The lowest BCUT2D eigenvalue weighted by molar-refractivity contribution is 0.853. The highest BCUT2D eigenvalue weighted by atomic mass is 15.0. The van der Waals surface area contributed by atoms with Crippen LogP contribution in [0.25, 0.3) is 66.5 Å². The van der Waals surface area contributed by atoms with Gasteiger partial charge in [-0.1, -0.05) is 134 Å². The average Bonchev–Trinajstić information content (AvgIpc) is 3.53. The minimum absolute atomic E-state index is 0.0158. The molecule has 0 fully saturated rings. The summed E-state index contributed by atoms with van der Waals surface area (Å²) in [6.45, 7) is 11.0. The lowest BCUT2D eigenvalue weighted by Crippen LogP contribution is -2.04. The van der Waals surface area contributed by atoms with Gasteiger partial charge in [-0.15, -0.1) is 6.58 Å². The highest BCUT2D eigenvalue weighted by Crippen LogP contribution is 2.44. The topological polar surface area (TPSA) is 41.1 Å². The van der Waals surface area contributed by atoms with E-state index >= 15 is 0 Å². The smallest absolute Gasteiger partial charge is 0.0550 e. The number of fused-ring (bicyclic) bond motifs is 3.